The molecule has 0 saturated carbocycles. The minimum atomic E-state index is -0.861. The lowest BCUT2D eigenvalue weighted by Crippen LogP contribution is -2.47. The number of benzene rings is 1. The van der Waals surface area contributed by atoms with Gasteiger partial charge in [-0.15, -0.1) is 0 Å². The van der Waals surface area contributed by atoms with Crippen LogP contribution in [0.15, 0.2) is 18.2 Å². The van der Waals surface area contributed by atoms with Crippen LogP contribution in [0.1, 0.15) is 12.8 Å². The van der Waals surface area contributed by atoms with Gasteiger partial charge in [0.15, 0.2) is 11.6 Å². The summed E-state index contributed by atoms with van der Waals surface area (Å²) in [6, 6.07) is 3.78. The lowest BCUT2D eigenvalue weighted by atomic mass is 10.1. The average Bonchev–Trinajstić information content (AvgIpc) is 2.42. The normalized spacial score (nSPS) is 19.1. The van der Waals surface area contributed by atoms with Gasteiger partial charge in [-0.2, -0.15) is 0 Å². The smallest absolute Gasteiger partial charge is 0.407 e. The van der Waals surface area contributed by atoms with Crippen LogP contribution in [0, 0.1) is 11.6 Å². The van der Waals surface area contributed by atoms with Crippen molar-refractivity contribution in [2.24, 2.45) is 0 Å². The number of amides is 1. The summed E-state index contributed by atoms with van der Waals surface area (Å²) in [7, 11) is 1.31. The van der Waals surface area contributed by atoms with Crippen molar-refractivity contribution in [2.45, 2.75) is 18.9 Å². The molecular formula is C13H16F2N2O2. The molecule has 1 aromatic rings. The van der Waals surface area contributed by atoms with E-state index in [-0.39, 0.29) is 6.04 Å². The number of methoxy groups -OCH3 is 1. The highest BCUT2D eigenvalue weighted by molar-refractivity contribution is 5.67. The zero-order valence-electron chi connectivity index (χ0n) is 10.7. The molecule has 0 bridgehead atoms. The van der Waals surface area contributed by atoms with Gasteiger partial charge >= 0.3 is 6.09 Å². The maximum absolute atomic E-state index is 13.2. The first-order valence-corrected chi connectivity index (χ1v) is 6.14. The molecule has 0 spiro atoms. The first kappa shape index (κ1) is 13.6. The first-order valence-electron chi connectivity index (χ1n) is 6.14. The number of anilines is 1. The minimum absolute atomic E-state index is 0.0469. The van der Waals surface area contributed by atoms with E-state index in [1.54, 1.807) is 6.07 Å². The summed E-state index contributed by atoms with van der Waals surface area (Å²) >= 11 is 0. The van der Waals surface area contributed by atoms with E-state index < -0.39 is 17.7 Å². The third kappa shape index (κ3) is 3.33. The number of piperidine rings is 1. The summed E-state index contributed by atoms with van der Waals surface area (Å²) in [5, 5.41) is 2.72. The quantitative estimate of drug-likeness (QED) is 0.896. The van der Waals surface area contributed by atoms with Crippen molar-refractivity contribution in [2.75, 3.05) is 25.1 Å². The number of rotatable bonds is 2. The van der Waals surface area contributed by atoms with Gasteiger partial charge in [-0.3, -0.25) is 0 Å². The van der Waals surface area contributed by atoms with Gasteiger partial charge in [0.25, 0.3) is 0 Å². The first-order chi connectivity index (χ1) is 9.10. The number of nitrogens with zero attached hydrogens (tertiary/aromatic N) is 1. The van der Waals surface area contributed by atoms with Gasteiger partial charge in [0.2, 0.25) is 0 Å². The second-order valence-electron chi connectivity index (χ2n) is 4.52. The van der Waals surface area contributed by atoms with Gasteiger partial charge in [-0.1, -0.05) is 0 Å². The van der Waals surface area contributed by atoms with Gasteiger partial charge in [0.05, 0.1) is 7.11 Å². The van der Waals surface area contributed by atoms with Gasteiger partial charge in [-0.25, -0.2) is 13.6 Å². The Morgan fingerprint density at radius 1 is 1.42 bits per heavy atom. The van der Waals surface area contributed by atoms with E-state index in [1.807, 2.05) is 4.90 Å². The third-order valence-corrected chi connectivity index (χ3v) is 3.20. The number of hydrogen-bond acceptors (Lipinski definition) is 3. The summed E-state index contributed by atoms with van der Waals surface area (Å²) in [5.41, 5.74) is 0.621. The van der Waals surface area contributed by atoms with Crippen LogP contribution < -0.4 is 10.2 Å². The Bertz CT molecular complexity index is 468. The van der Waals surface area contributed by atoms with E-state index in [0.29, 0.717) is 12.2 Å². The van der Waals surface area contributed by atoms with Gasteiger partial charge in [0, 0.05) is 30.9 Å². The Morgan fingerprint density at radius 2 is 2.21 bits per heavy atom. The Kier molecular flexibility index (Phi) is 4.19. The number of halogens is 2. The topological polar surface area (TPSA) is 41.6 Å². The summed E-state index contributed by atoms with van der Waals surface area (Å²) in [5.74, 6) is -1.72. The standard InChI is InChI=1S/C13H16F2N2O2/c1-19-13(18)16-9-3-2-6-17(8-9)10-4-5-11(14)12(15)7-10/h4-5,7,9H,2-3,6,8H2,1H3,(H,16,18). The average molecular weight is 270 g/mol. The molecule has 0 aromatic heterocycles. The Balaban J connectivity index is 2.04. The van der Waals surface area contributed by atoms with Crippen molar-refractivity contribution >= 4 is 11.8 Å². The SMILES string of the molecule is COC(=O)NC1CCCN(c2ccc(F)c(F)c2)C1. The number of carbonyl (C=O) groups excluding carboxylic acids is 1. The van der Waals surface area contributed by atoms with Crippen LogP contribution in [0.4, 0.5) is 19.3 Å². The molecule has 2 rings (SSSR count). The van der Waals surface area contributed by atoms with Crippen molar-refractivity contribution in [3.05, 3.63) is 29.8 Å². The summed E-state index contributed by atoms with van der Waals surface area (Å²) in [4.78, 5) is 13.1. The monoisotopic (exact) mass is 270 g/mol. The molecule has 1 saturated heterocycles. The maximum Gasteiger partial charge on any atom is 0.407 e. The van der Waals surface area contributed by atoms with Crippen molar-refractivity contribution in [1.82, 2.24) is 5.32 Å². The van der Waals surface area contributed by atoms with Gasteiger partial charge < -0.3 is 15.0 Å². The van der Waals surface area contributed by atoms with E-state index in [1.165, 1.54) is 13.2 Å². The van der Waals surface area contributed by atoms with Crippen LogP contribution >= 0.6 is 0 Å². The van der Waals surface area contributed by atoms with E-state index >= 15 is 0 Å². The zero-order valence-corrected chi connectivity index (χ0v) is 10.7. The molecule has 1 unspecified atom stereocenters. The minimum Gasteiger partial charge on any atom is -0.453 e. The largest absolute Gasteiger partial charge is 0.453 e. The Hall–Kier alpha value is -1.85. The molecule has 1 fully saturated rings. The fourth-order valence-electron chi connectivity index (χ4n) is 2.24. The highest BCUT2D eigenvalue weighted by atomic mass is 19.2. The molecule has 0 aliphatic carbocycles. The van der Waals surface area contributed by atoms with E-state index in [2.05, 4.69) is 10.1 Å². The second-order valence-corrected chi connectivity index (χ2v) is 4.52. The van der Waals surface area contributed by atoms with Crippen molar-refractivity contribution in [1.29, 1.82) is 0 Å². The molecule has 0 radical (unpaired) electrons. The van der Waals surface area contributed by atoms with Crippen molar-refractivity contribution in [3.63, 3.8) is 0 Å². The van der Waals surface area contributed by atoms with Crippen molar-refractivity contribution in [3.8, 4) is 0 Å². The summed E-state index contributed by atoms with van der Waals surface area (Å²) < 4.78 is 30.6. The number of nitrogens with one attached hydrogen (secondary N) is 1. The zero-order chi connectivity index (χ0) is 13.8. The number of carbonyl (C=O) groups is 1. The Labute approximate surface area is 110 Å². The second kappa shape index (κ2) is 5.86. The van der Waals surface area contributed by atoms with Gasteiger partial charge in [-0.05, 0) is 25.0 Å². The lowest BCUT2D eigenvalue weighted by molar-refractivity contribution is 0.165. The van der Waals surface area contributed by atoms with Crippen LogP contribution in [0.25, 0.3) is 0 Å². The third-order valence-electron chi connectivity index (χ3n) is 3.20. The predicted octanol–water partition coefficient (Wildman–Crippen LogP) is 2.29. The Morgan fingerprint density at radius 3 is 2.89 bits per heavy atom. The van der Waals surface area contributed by atoms with Crippen molar-refractivity contribution < 1.29 is 18.3 Å². The van der Waals surface area contributed by atoms with Gasteiger partial charge in [0.1, 0.15) is 0 Å². The lowest BCUT2D eigenvalue weighted by Gasteiger charge is -2.34. The van der Waals surface area contributed by atoms with Crippen LogP contribution in [0.3, 0.4) is 0 Å². The van der Waals surface area contributed by atoms with Crippen LogP contribution in [0.2, 0.25) is 0 Å². The van der Waals surface area contributed by atoms with Crippen LogP contribution in [-0.4, -0.2) is 32.3 Å². The molecule has 1 amide bonds. The summed E-state index contributed by atoms with van der Waals surface area (Å²) in [6.07, 6.45) is 1.24. The fourth-order valence-corrected chi connectivity index (χ4v) is 2.24. The molecule has 104 valence electrons. The molecule has 1 heterocycles. The molecular weight excluding hydrogens is 254 g/mol. The van der Waals surface area contributed by atoms with E-state index in [0.717, 1.165) is 25.5 Å². The molecule has 1 aromatic carbocycles. The predicted molar refractivity (Wildman–Crippen MR) is 67.1 cm³/mol. The molecule has 19 heavy (non-hydrogen) atoms. The van der Waals surface area contributed by atoms with E-state index in [9.17, 15) is 13.6 Å². The molecule has 1 N–H and O–H groups in total. The molecule has 1 aliphatic heterocycles. The molecule has 1 atom stereocenters. The highest BCUT2D eigenvalue weighted by Crippen LogP contribution is 2.22. The van der Waals surface area contributed by atoms with Crippen LogP contribution in [0.5, 0.6) is 0 Å². The molecule has 4 nitrogen and oxygen atoms in total. The number of alkyl carbamates (subject to hydrolysis) is 1. The maximum atomic E-state index is 13.2. The number of hydrogen-bond donors (Lipinski definition) is 1. The molecule has 1 aliphatic rings. The molecule has 6 heteroatoms. The fraction of sp³-hybridized carbons (Fsp3) is 0.462. The highest BCUT2D eigenvalue weighted by Gasteiger charge is 2.22. The van der Waals surface area contributed by atoms with Crippen LogP contribution in [-0.2, 0) is 4.74 Å². The number of ether oxygens (including phenoxy) is 1. The summed E-state index contributed by atoms with van der Waals surface area (Å²) in [6.45, 7) is 1.31. The van der Waals surface area contributed by atoms with E-state index in [4.69, 9.17) is 0 Å².